The van der Waals surface area contributed by atoms with Gasteiger partial charge in [0.1, 0.15) is 0 Å². The van der Waals surface area contributed by atoms with Crippen molar-refractivity contribution >= 4 is 6.08 Å². The second kappa shape index (κ2) is 7.02. The summed E-state index contributed by atoms with van der Waals surface area (Å²) in [5.41, 5.74) is 1.74. The van der Waals surface area contributed by atoms with Gasteiger partial charge in [0.25, 0.3) is 0 Å². The molecule has 1 aromatic rings. The number of hydrogen-bond donors (Lipinski definition) is 3. The maximum absolute atomic E-state index is 9.50. The molecule has 1 aromatic carbocycles. The van der Waals surface area contributed by atoms with Gasteiger partial charge in [-0.2, -0.15) is 0 Å². The summed E-state index contributed by atoms with van der Waals surface area (Å²) in [6, 6.07) is 2.82. The van der Waals surface area contributed by atoms with E-state index in [9.17, 15) is 15.3 Å². The first-order chi connectivity index (χ1) is 9.77. The lowest BCUT2D eigenvalue weighted by molar-refractivity contribution is 0.368. The molecule has 0 aromatic heterocycles. The van der Waals surface area contributed by atoms with Crippen LogP contribution in [0.2, 0.25) is 0 Å². The SMILES string of the molecule is C=C[C@@](C)(/C=C/c1cc(O)c(O)c(O)c1)CCC=C(C)C. The van der Waals surface area contributed by atoms with E-state index in [1.165, 1.54) is 17.7 Å². The predicted molar refractivity (Wildman–Crippen MR) is 87.4 cm³/mol. The van der Waals surface area contributed by atoms with Crippen molar-refractivity contribution in [3.05, 3.63) is 48.1 Å². The maximum Gasteiger partial charge on any atom is 0.200 e. The highest BCUT2D eigenvalue weighted by molar-refractivity contribution is 5.61. The molecule has 0 unspecified atom stereocenters. The molecule has 1 atom stereocenters. The Morgan fingerprint density at radius 2 is 1.76 bits per heavy atom. The summed E-state index contributed by atoms with van der Waals surface area (Å²) in [6.07, 6.45) is 9.76. The summed E-state index contributed by atoms with van der Waals surface area (Å²) < 4.78 is 0. The molecule has 0 bridgehead atoms. The molecule has 0 aliphatic carbocycles. The molecule has 114 valence electrons. The molecule has 0 heterocycles. The number of phenols is 3. The maximum atomic E-state index is 9.50. The average Bonchev–Trinajstić information content (AvgIpc) is 2.42. The number of allylic oxidation sites excluding steroid dienone is 4. The van der Waals surface area contributed by atoms with E-state index in [4.69, 9.17) is 0 Å². The number of aromatic hydroxyl groups is 3. The van der Waals surface area contributed by atoms with Gasteiger partial charge in [0, 0.05) is 5.41 Å². The number of hydrogen-bond acceptors (Lipinski definition) is 3. The van der Waals surface area contributed by atoms with Gasteiger partial charge < -0.3 is 15.3 Å². The Hall–Kier alpha value is -2.16. The van der Waals surface area contributed by atoms with Crippen molar-refractivity contribution in [2.75, 3.05) is 0 Å². The van der Waals surface area contributed by atoms with Crippen molar-refractivity contribution in [1.82, 2.24) is 0 Å². The fraction of sp³-hybridized carbons (Fsp3) is 0.333. The van der Waals surface area contributed by atoms with Crippen molar-refractivity contribution in [1.29, 1.82) is 0 Å². The van der Waals surface area contributed by atoms with Gasteiger partial charge in [-0.3, -0.25) is 0 Å². The summed E-state index contributed by atoms with van der Waals surface area (Å²) in [7, 11) is 0. The van der Waals surface area contributed by atoms with Crippen molar-refractivity contribution in [2.24, 2.45) is 5.41 Å². The largest absolute Gasteiger partial charge is 0.504 e. The van der Waals surface area contributed by atoms with Gasteiger partial charge in [-0.15, -0.1) is 6.58 Å². The van der Waals surface area contributed by atoms with Crippen LogP contribution in [0.15, 0.2) is 42.5 Å². The molecule has 3 N–H and O–H groups in total. The molecule has 21 heavy (non-hydrogen) atoms. The lowest BCUT2D eigenvalue weighted by Gasteiger charge is -2.20. The smallest absolute Gasteiger partial charge is 0.200 e. The summed E-state index contributed by atoms with van der Waals surface area (Å²) >= 11 is 0. The van der Waals surface area contributed by atoms with E-state index < -0.39 is 5.75 Å². The molecule has 0 fully saturated rings. The first kappa shape index (κ1) is 16.9. The molecule has 0 radical (unpaired) electrons. The van der Waals surface area contributed by atoms with Gasteiger partial charge in [-0.05, 0) is 44.4 Å². The molecule has 0 aliphatic rings. The predicted octanol–water partition coefficient (Wildman–Crippen LogP) is 4.76. The van der Waals surface area contributed by atoms with E-state index in [1.54, 1.807) is 0 Å². The monoisotopic (exact) mass is 288 g/mol. The molecular formula is C18H24O3. The summed E-state index contributed by atoms with van der Waals surface area (Å²) in [5.74, 6) is -1.17. The van der Waals surface area contributed by atoms with Crippen molar-refractivity contribution in [3.8, 4) is 17.2 Å². The third-order valence-corrected chi connectivity index (χ3v) is 3.45. The molecule has 1 rings (SSSR count). The van der Waals surface area contributed by atoms with Crippen LogP contribution in [0.1, 0.15) is 39.2 Å². The van der Waals surface area contributed by atoms with Crippen LogP contribution in [0.4, 0.5) is 0 Å². The molecule has 3 heteroatoms. The minimum Gasteiger partial charge on any atom is -0.504 e. The Balaban J connectivity index is 2.89. The summed E-state index contributed by atoms with van der Waals surface area (Å²) in [5, 5.41) is 28.3. The van der Waals surface area contributed by atoms with Crippen LogP contribution in [-0.2, 0) is 0 Å². The quantitative estimate of drug-likeness (QED) is 0.522. The molecule has 0 aliphatic heterocycles. The van der Waals surface area contributed by atoms with Crippen molar-refractivity contribution in [2.45, 2.75) is 33.6 Å². The normalized spacial score (nSPS) is 13.9. The first-order valence-electron chi connectivity index (χ1n) is 6.98. The summed E-state index contributed by atoms with van der Waals surface area (Å²) in [6.45, 7) is 10.1. The van der Waals surface area contributed by atoms with Crippen LogP contribution >= 0.6 is 0 Å². The Bertz CT molecular complexity index is 543. The minimum absolute atomic E-state index is 0.172. The molecule has 0 spiro atoms. The van der Waals surface area contributed by atoms with Crippen LogP contribution in [0.3, 0.4) is 0 Å². The van der Waals surface area contributed by atoms with E-state index in [0.29, 0.717) is 5.56 Å². The van der Waals surface area contributed by atoms with E-state index in [-0.39, 0.29) is 16.9 Å². The van der Waals surface area contributed by atoms with Gasteiger partial charge >= 0.3 is 0 Å². The Morgan fingerprint density at radius 1 is 1.19 bits per heavy atom. The van der Waals surface area contributed by atoms with Crippen molar-refractivity contribution < 1.29 is 15.3 Å². The van der Waals surface area contributed by atoms with Gasteiger partial charge in [0.05, 0.1) is 0 Å². The van der Waals surface area contributed by atoms with Gasteiger partial charge in [-0.1, -0.05) is 36.8 Å². The molecule has 0 amide bonds. The van der Waals surface area contributed by atoms with E-state index in [1.807, 2.05) is 18.2 Å². The Kier molecular flexibility index (Phi) is 5.65. The van der Waals surface area contributed by atoms with Crippen LogP contribution in [-0.4, -0.2) is 15.3 Å². The molecular weight excluding hydrogens is 264 g/mol. The van der Waals surface area contributed by atoms with Crippen LogP contribution < -0.4 is 0 Å². The zero-order valence-corrected chi connectivity index (χ0v) is 12.9. The Labute approximate surface area is 126 Å². The summed E-state index contributed by atoms with van der Waals surface area (Å²) in [4.78, 5) is 0. The van der Waals surface area contributed by atoms with E-state index in [0.717, 1.165) is 12.8 Å². The topological polar surface area (TPSA) is 60.7 Å². The van der Waals surface area contributed by atoms with Crippen LogP contribution in [0, 0.1) is 5.41 Å². The molecule has 0 saturated heterocycles. The second-order valence-electron chi connectivity index (χ2n) is 5.77. The first-order valence-corrected chi connectivity index (χ1v) is 6.98. The van der Waals surface area contributed by atoms with Gasteiger partial charge in [0.2, 0.25) is 0 Å². The zero-order chi connectivity index (χ0) is 16.0. The Morgan fingerprint density at radius 3 is 2.24 bits per heavy atom. The van der Waals surface area contributed by atoms with Gasteiger partial charge in [-0.25, -0.2) is 0 Å². The number of benzene rings is 1. The highest BCUT2D eigenvalue weighted by Gasteiger charge is 2.15. The van der Waals surface area contributed by atoms with Crippen molar-refractivity contribution in [3.63, 3.8) is 0 Å². The highest BCUT2D eigenvalue weighted by atomic mass is 16.3. The third kappa shape index (κ3) is 5.03. The van der Waals surface area contributed by atoms with Crippen LogP contribution in [0.5, 0.6) is 17.2 Å². The number of phenolic OH excluding ortho intramolecular Hbond substituents is 3. The second-order valence-corrected chi connectivity index (χ2v) is 5.77. The lowest BCUT2D eigenvalue weighted by atomic mass is 9.84. The highest BCUT2D eigenvalue weighted by Crippen LogP contribution is 2.36. The van der Waals surface area contributed by atoms with E-state index in [2.05, 4.69) is 33.4 Å². The van der Waals surface area contributed by atoms with Gasteiger partial charge in [0.15, 0.2) is 17.2 Å². The van der Waals surface area contributed by atoms with Crippen LogP contribution in [0.25, 0.3) is 6.08 Å². The van der Waals surface area contributed by atoms with E-state index >= 15 is 0 Å². The minimum atomic E-state index is -0.498. The lowest BCUT2D eigenvalue weighted by Crippen LogP contribution is -2.08. The molecule has 3 nitrogen and oxygen atoms in total. The average molecular weight is 288 g/mol. The fourth-order valence-electron chi connectivity index (χ4n) is 1.93. The zero-order valence-electron chi connectivity index (χ0n) is 12.9. The molecule has 0 saturated carbocycles. The fourth-order valence-corrected chi connectivity index (χ4v) is 1.93. The third-order valence-electron chi connectivity index (χ3n) is 3.45. The standard InChI is InChI=1S/C18H24O3/c1-5-18(4,9-6-7-13(2)3)10-8-14-11-15(19)17(21)16(20)12-14/h5,7-8,10-12,19-21H,1,6,9H2,2-4H3/b10-8+/t18-/m1/s1. The number of rotatable bonds is 6.